The second kappa shape index (κ2) is 5.71. The van der Waals surface area contributed by atoms with E-state index in [-0.39, 0.29) is 12.1 Å². The van der Waals surface area contributed by atoms with Crippen LogP contribution < -0.4 is 5.32 Å². The molecule has 0 saturated heterocycles. The van der Waals surface area contributed by atoms with Crippen molar-refractivity contribution in [2.45, 2.75) is 20.4 Å². The van der Waals surface area contributed by atoms with Gasteiger partial charge < -0.3 is 5.32 Å². The zero-order chi connectivity index (χ0) is 16.6. The number of aromatic nitrogens is 4. The highest BCUT2D eigenvalue weighted by molar-refractivity contribution is 5.94. The van der Waals surface area contributed by atoms with Gasteiger partial charge in [0.1, 0.15) is 0 Å². The number of rotatable bonds is 3. The Morgan fingerprint density at radius 1 is 1.17 bits per heavy atom. The van der Waals surface area contributed by atoms with Crippen molar-refractivity contribution in [3.8, 4) is 0 Å². The number of halogens is 2. The number of nitrogens with one attached hydrogen (secondary N) is 1. The van der Waals surface area contributed by atoms with Gasteiger partial charge in [0.25, 0.3) is 11.7 Å². The normalized spacial score (nSPS) is 11.0. The van der Waals surface area contributed by atoms with Crippen molar-refractivity contribution < 1.29 is 13.6 Å². The van der Waals surface area contributed by atoms with Crippen molar-refractivity contribution in [2.24, 2.45) is 0 Å². The molecule has 0 atom stereocenters. The van der Waals surface area contributed by atoms with Crippen LogP contribution in [-0.2, 0) is 6.54 Å². The van der Waals surface area contributed by atoms with Crippen LogP contribution in [-0.4, -0.2) is 25.5 Å². The SMILES string of the molecule is Cc1cc(C)n2c(CNC(=O)c3ccc(F)c(F)c3)nnc2n1. The van der Waals surface area contributed by atoms with Crippen LogP contribution in [0.1, 0.15) is 27.6 Å². The molecule has 118 valence electrons. The van der Waals surface area contributed by atoms with E-state index in [1.807, 2.05) is 19.9 Å². The second-order valence-corrected chi connectivity index (χ2v) is 5.10. The van der Waals surface area contributed by atoms with Crippen molar-refractivity contribution in [1.29, 1.82) is 0 Å². The third kappa shape index (κ3) is 2.87. The van der Waals surface area contributed by atoms with E-state index in [0.717, 1.165) is 23.5 Å². The molecule has 0 radical (unpaired) electrons. The van der Waals surface area contributed by atoms with Gasteiger partial charge in [-0.05, 0) is 38.1 Å². The van der Waals surface area contributed by atoms with Gasteiger partial charge in [-0.3, -0.25) is 9.20 Å². The van der Waals surface area contributed by atoms with Gasteiger partial charge in [0, 0.05) is 17.0 Å². The minimum Gasteiger partial charge on any atom is -0.345 e. The van der Waals surface area contributed by atoms with E-state index in [9.17, 15) is 13.6 Å². The predicted molar refractivity (Wildman–Crippen MR) is 77.8 cm³/mol. The van der Waals surface area contributed by atoms with Gasteiger partial charge in [0.2, 0.25) is 0 Å². The summed E-state index contributed by atoms with van der Waals surface area (Å²) >= 11 is 0. The number of hydrogen-bond donors (Lipinski definition) is 1. The minimum absolute atomic E-state index is 0.0309. The van der Waals surface area contributed by atoms with Crippen LogP contribution in [0.2, 0.25) is 0 Å². The van der Waals surface area contributed by atoms with Crippen molar-refractivity contribution in [1.82, 2.24) is 24.9 Å². The Morgan fingerprint density at radius 2 is 1.96 bits per heavy atom. The number of hydrogen-bond acceptors (Lipinski definition) is 4. The topological polar surface area (TPSA) is 72.2 Å². The summed E-state index contributed by atoms with van der Waals surface area (Å²) in [6.07, 6.45) is 0. The summed E-state index contributed by atoms with van der Waals surface area (Å²) in [6, 6.07) is 4.85. The van der Waals surface area contributed by atoms with E-state index in [1.54, 1.807) is 4.40 Å². The van der Waals surface area contributed by atoms with Crippen LogP contribution in [0.3, 0.4) is 0 Å². The van der Waals surface area contributed by atoms with Crippen LogP contribution in [0.15, 0.2) is 24.3 Å². The molecule has 3 rings (SSSR count). The van der Waals surface area contributed by atoms with Crippen LogP contribution in [0, 0.1) is 25.5 Å². The van der Waals surface area contributed by atoms with Crippen molar-refractivity contribution in [3.63, 3.8) is 0 Å². The quantitative estimate of drug-likeness (QED) is 0.801. The van der Waals surface area contributed by atoms with Gasteiger partial charge in [-0.15, -0.1) is 10.2 Å². The number of fused-ring (bicyclic) bond motifs is 1. The largest absolute Gasteiger partial charge is 0.345 e. The van der Waals surface area contributed by atoms with Gasteiger partial charge in [-0.1, -0.05) is 0 Å². The summed E-state index contributed by atoms with van der Waals surface area (Å²) in [6.45, 7) is 3.82. The van der Waals surface area contributed by atoms with E-state index in [1.165, 1.54) is 6.07 Å². The molecule has 0 fully saturated rings. The fourth-order valence-corrected chi connectivity index (χ4v) is 2.31. The van der Waals surface area contributed by atoms with Crippen LogP contribution >= 0.6 is 0 Å². The molecule has 1 aromatic carbocycles. The summed E-state index contributed by atoms with van der Waals surface area (Å²) < 4.78 is 27.8. The zero-order valence-corrected chi connectivity index (χ0v) is 12.5. The molecule has 23 heavy (non-hydrogen) atoms. The summed E-state index contributed by atoms with van der Waals surface area (Å²) in [5.41, 5.74) is 1.73. The molecule has 0 spiro atoms. The van der Waals surface area contributed by atoms with Crippen LogP contribution in [0.25, 0.3) is 5.78 Å². The Kier molecular flexibility index (Phi) is 3.73. The average molecular weight is 317 g/mol. The van der Waals surface area contributed by atoms with Crippen LogP contribution in [0.5, 0.6) is 0 Å². The first kappa shape index (κ1) is 15.0. The number of carbonyl (C=O) groups is 1. The third-order valence-corrected chi connectivity index (χ3v) is 3.35. The van der Waals surface area contributed by atoms with Crippen molar-refractivity contribution in [2.75, 3.05) is 0 Å². The van der Waals surface area contributed by atoms with Gasteiger partial charge in [0.05, 0.1) is 6.54 Å². The van der Waals surface area contributed by atoms with Crippen molar-refractivity contribution in [3.05, 3.63) is 58.7 Å². The van der Waals surface area contributed by atoms with E-state index in [0.29, 0.717) is 11.6 Å². The number of benzene rings is 1. The molecule has 0 aliphatic rings. The number of aryl methyl sites for hydroxylation is 2. The summed E-state index contributed by atoms with van der Waals surface area (Å²) in [7, 11) is 0. The lowest BCUT2D eigenvalue weighted by Crippen LogP contribution is -2.24. The molecule has 8 heteroatoms. The summed E-state index contributed by atoms with van der Waals surface area (Å²) in [4.78, 5) is 16.3. The first-order chi connectivity index (χ1) is 11.0. The molecular weight excluding hydrogens is 304 g/mol. The maximum Gasteiger partial charge on any atom is 0.255 e. The molecule has 1 N–H and O–H groups in total. The number of amides is 1. The summed E-state index contributed by atoms with van der Waals surface area (Å²) in [5.74, 6) is -1.65. The average Bonchev–Trinajstić information content (AvgIpc) is 2.90. The van der Waals surface area contributed by atoms with Gasteiger partial charge >= 0.3 is 0 Å². The first-order valence-corrected chi connectivity index (χ1v) is 6.87. The highest BCUT2D eigenvalue weighted by Gasteiger charge is 2.13. The maximum absolute atomic E-state index is 13.2. The second-order valence-electron chi connectivity index (χ2n) is 5.10. The first-order valence-electron chi connectivity index (χ1n) is 6.87. The molecule has 0 aliphatic carbocycles. The van der Waals surface area contributed by atoms with Crippen molar-refractivity contribution >= 4 is 11.7 Å². The molecule has 3 aromatic rings. The molecule has 2 aromatic heterocycles. The lowest BCUT2D eigenvalue weighted by Gasteiger charge is -2.06. The zero-order valence-electron chi connectivity index (χ0n) is 12.5. The molecule has 0 saturated carbocycles. The molecule has 0 aliphatic heterocycles. The molecule has 6 nitrogen and oxygen atoms in total. The fourth-order valence-electron chi connectivity index (χ4n) is 2.31. The number of carbonyl (C=O) groups excluding carboxylic acids is 1. The highest BCUT2D eigenvalue weighted by Crippen LogP contribution is 2.10. The Morgan fingerprint density at radius 3 is 2.70 bits per heavy atom. The van der Waals surface area contributed by atoms with E-state index < -0.39 is 17.5 Å². The molecule has 2 heterocycles. The molecule has 1 amide bonds. The van der Waals surface area contributed by atoms with E-state index in [2.05, 4.69) is 20.5 Å². The van der Waals surface area contributed by atoms with Gasteiger partial charge in [0.15, 0.2) is 17.5 Å². The van der Waals surface area contributed by atoms with Gasteiger partial charge in [-0.25, -0.2) is 13.8 Å². The Balaban J connectivity index is 1.80. The predicted octanol–water partition coefficient (Wildman–Crippen LogP) is 1.95. The maximum atomic E-state index is 13.2. The Labute approximate surface area is 130 Å². The monoisotopic (exact) mass is 317 g/mol. The molecule has 0 bridgehead atoms. The summed E-state index contributed by atoms with van der Waals surface area (Å²) in [5, 5.41) is 10.6. The minimum atomic E-state index is -1.07. The van der Waals surface area contributed by atoms with E-state index in [4.69, 9.17) is 0 Å². The fraction of sp³-hybridized carbons (Fsp3) is 0.200. The Bertz CT molecular complexity index is 906. The third-order valence-electron chi connectivity index (χ3n) is 3.35. The smallest absolute Gasteiger partial charge is 0.255 e. The lowest BCUT2D eigenvalue weighted by molar-refractivity contribution is 0.0949. The Hall–Kier alpha value is -2.90. The van der Waals surface area contributed by atoms with Gasteiger partial charge in [-0.2, -0.15) is 0 Å². The molecular formula is C15H13F2N5O. The lowest BCUT2D eigenvalue weighted by atomic mass is 10.2. The number of nitrogens with zero attached hydrogens (tertiary/aromatic N) is 4. The highest BCUT2D eigenvalue weighted by atomic mass is 19.2. The standard InChI is InChI=1S/C15H13F2N5O/c1-8-5-9(2)22-13(20-21-15(22)19-8)7-18-14(23)10-3-4-11(16)12(17)6-10/h3-6H,7H2,1-2H3,(H,18,23). The van der Waals surface area contributed by atoms with Crippen LogP contribution in [0.4, 0.5) is 8.78 Å². The molecule has 0 unspecified atom stereocenters. The van der Waals surface area contributed by atoms with E-state index >= 15 is 0 Å².